The minimum atomic E-state index is 0.00384. The maximum absolute atomic E-state index is 12.9. The van der Waals surface area contributed by atoms with Crippen LogP contribution < -0.4 is 10.2 Å². The van der Waals surface area contributed by atoms with Gasteiger partial charge in [-0.2, -0.15) is 5.10 Å². The normalized spacial score (nSPS) is 20.2. The second-order valence-electron chi connectivity index (χ2n) is 6.93. The van der Waals surface area contributed by atoms with Gasteiger partial charge in [0.1, 0.15) is 11.5 Å². The molecular formula is C18H24N6O. The third kappa shape index (κ3) is 3.23. The van der Waals surface area contributed by atoms with E-state index in [0.29, 0.717) is 0 Å². The van der Waals surface area contributed by atoms with E-state index < -0.39 is 0 Å². The van der Waals surface area contributed by atoms with Crippen LogP contribution in [0.1, 0.15) is 47.4 Å². The fourth-order valence-corrected chi connectivity index (χ4v) is 3.98. The van der Waals surface area contributed by atoms with Crippen molar-refractivity contribution >= 4 is 11.7 Å². The number of aryl methyl sites for hydroxylation is 2. The summed E-state index contributed by atoms with van der Waals surface area (Å²) >= 11 is 0. The molecule has 1 N–H and O–H groups in total. The number of nitrogens with zero attached hydrogens (tertiary/aromatic N) is 5. The highest BCUT2D eigenvalue weighted by Crippen LogP contribution is 2.24. The van der Waals surface area contributed by atoms with Gasteiger partial charge in [-0.05, 0) is 38.5 Å². The molecule has 132 valence electrons. The molecule has 1 aliphatic heterocycles. The highest BCUT2D eigenvalue weighted by Gasteiger charge is 2.27. The van der Waals surface area contributed by atoms with Crippen LogP contribution in [0.4, 0.5) is 5.82 Å². The number of nitrogens with one attached hydrogen (secondary N) is 1. The Kier molecular flexibility index (Phi) is 4.38. The van der Waals surface area contributed by atoms with Crippen LogP contribution in [0.5, 0.6) is 0 Å². The molecular weight excluding hydrogens is 316 g/mol. The lowest BCUT2D eigenvalue weighted by Gasteiger charge is -2.33. The van der Waals surface area contributed by atoms with Gasteiger partial charge in [0.2, 0.25) is 0 Å². The first-order chi connectivity index (χ1) is 12.2. The van der Waals surface area contributed by atoms with E-state index in [4.69, 9.17) is 0 Å². The molecule has 3 heterocycles. The zero-order chi connectivity index (χ0) is 17.2. The van der Waals surface area contributed by atoms with Gasteiger partial charge < -0.3 is 10.2 Å². The van der Waals surface area contributed by atoms with E-state index >= 15 is 0 Å². The smallest absolute Gasteiger partial charge is 0.270 e. The quantitative estimate of drug-likeness (QED) is 0.916. The number of aromatic nitrogens is 4. The second-order valence-corrected chi connectivity index (χ2v) is 6.93. The van der Waals surface area contributed by atoms with Crippen molar-refractivity contribution in [3.8, 4) is 0 Å². The van der Waals surface area contributed by atoms with E-state index in [2.05, 4.69) is 25.3 Å². The maximum atomic E-state index is 12.9. The van der Waals surface area contributed by atoms with Crippen LogP contribution >= 0.6 is 0 Å². The SMILES string of the molecule is Cn1nc2c(c1C(=O)NC1CCCN(c3cnccn3)C1)CCCC2. The molecule has 0 aromatic carbocycles. The number of fused-ring (bicyclic) bond motifs is 1. The number of carbonyl (C=O) groups excluding carboxylic acids is 1. The summed E-state index contributed by atoms with van der Waals surface area (Å²) < 4.78 is 1.76. The molecule has 1 aliphatic carbocycles. The average molecular weight is 340 g/mol. The van der Waals surface area contributed by atoms with Gasteiger partial charge in [-0.1, -0.05) is 0 Å². The molecule has 2 aromatic rings. The summed E-state index contributed by atoms with van der Waals surface area (Å²) in [4.78, 5) is 23.6. The van der Waals surface area contributed by atoms with Gasteiger partial charge in [0.05, 0.1) is 11.9 Å². The molecule has 0 radical (unpaired) electrons. The molecule has 0 saturated carbocycles. The van der Waals surface area contributed by atoms with E-state index in [-0.39, 0.29) is 11.9 Å². The summed E-state index contributed by atoms with van der Waals surface area (Å²) in [5.41, 5.74) is 2.99. The third-order valence-corrected chi connectivity index (χ3v) is 5.16. The van der Waals surface area contributed by atoms with Gasteiger partial charge in [0.15, 0.2) is 0 Å². The van der Waals surface area contributed by atoms with Gasteiger partial charge in [-0.15, -0.1) is 0 Å². The fourth-order valence-electron chi connectivity index (χ4n) is 3.98. The standard InChI is InChI=1S/C18H24N6O/c1-23-17(14-6-2-3-7-15(14)22-23)18(25)21-13-5-4-10-24(12-13)16-11-19-8-9-20-16/h8-9,11,13H,2-7,10,12H2,1H3,(H,21,25). The minimum Gasteiger partial charge on any atom is -0.353 e. The van der Waals surface area contributed by atoms with Crippen LogP contribution in [-0.2, 0) is 19.9 Å². The lowest BCUT2D eigenvalue weighted by molar-refractivity contribution is 0.0922. The molecule has 2 aliphatic rings. The van der Waals surface area contributed by atoms with E-state index in [9.17, 15) is 4.79 Å². The van der Waals surface area contributed by atoms with Crippen LogP contribution in [0.3, 0.4) is 0 Å². The Labute approximate surface area is 147 Å². The topological polar surface area (TPSA) is 75.9 Å². The van der Waals surface area contributed by atoms with Crippen molar-refractivity contribution in [2.24, 2.45) is 7.05 Å². The number of hydrogen-bond donors (Lipinski definition) is 1. The minimum absolute atomic E-state index is 0.00384. The third-order valence-electron chi connectivity index (χ3n) is 5.16. The Morgan fingerprint density at radius 3 is 2.96 bits per heavy atom. The predicted octanol–water partition coefficient (Wildman–Crippen LogP) is 1.49. The Hall–Kier alpha value is -2.44. The number of hydrogen-bond acceptors (Lipinski definition) is 5. The summed E-state index contributed by atoms with van der Waals surface area (Å²) in [5.74, 6) is 0.878. The van der Waals surface area contributed by atoms with Crippen molar-refractivity contribution in [2.75, 3.05) is 18.0 Å². The number of rotatable bonds is 3. The van der Waals surface area contributed by atoms with Crippen molar-refractivity contribution in [3.05, 3.63) is 35.5 Å². The van der Waals surface area contributed by atoms with Gasteiger partial charge in [0, 0.05) is 44.1 Å². The van der Waals surface area contributed by atoms with Gasteiger partial charge in [0.25, 0.3) is 5.91 Å². The lowest BCUT2D eigenvalue weighted by Crippen LogP contribution is -2.48. The van der Waals surface area contributed by atoms with E-state index in [1.165, 1.54) is 6.42 Å². The number of amides is 1. The molecule has 0 spiro atoms. The molecule has 2 aromatic heterocycles. The zero-order valence-electron chi connectivity index (χ0n) is 14.6. The summed E-state index contributed by atoms with van der Waals surface area (Å²) in [6.07, 6.45) is 11.4. The molecule has 7 heteroatoms. The number of carbonyl (C=O) groups is 1. The van der Waals surface area contributed by atoms with Crippen molar-refractivity contribution in [3.63, 3.8) is 0 Å². The van der Waals surface area contributed by atoms with Crippen molar-refractivity contribution < 1.29 is 4.79 Å². The van der Waals surface area contributed by atoms with Crippen molar-refractivity contribution in [2.45, 2.75) is 44.6 Å². The number of anilines is 1. The van der Waals surface area contributed by atoms with E-state index in [0.717, 1.165) is 68.0 Å². The highest BCUT2D eigenvalue weighted by molar-refractivity contribution is 5.94. The van der Waals surface area contributed by atoms with Crippen molar-refractivity contribution in [1.82, 2.24) is 25.1 Å². The largest absolute Gasteiger partial charge is 0.353 e. The summed E-state index contributed by atoms with van der Waals surface area (Å²) in [7, 11) is 1.87. The monoisotopic (exact) mass is 340 g/mol. The molecule has 25 heavy (non-hydrogen) atoms. The van der Waals surface area contributed by atoms with E-state index in [1.54, 1.807) is 23.3 Å². The molecule has 7 nitrogen and oxygen atoms in total. The van der Waals surface area contributed by atoms with Gasteiger partial charge >= 0.3 is 0 Å². The molecule has 1 atom stereocenters. The number of piperidine rings is 1. The predicted molar refractivity (Wildman–Crippen MR) is 94.6 cm³/mol. The van der Waals surface area contributed by atoms with Crippen LogP contribution in [0.15, 0.2) is 18.6 Å². The Balaban J connectivity index is 1.47. The van der Waals surface area contributed by atoms with Crippen LogP contribution in [0.2, 0.25) is 0 Å². The molecule has 4 rings (SSSR count). The maximum Gasteiger partial charge on any atom is 0.270 e. The van der Waals surface area contributed by atoms with Crippen LogP contribution in [0.25, 0.3) is 0 Å². The summed E-state index contributed by atoms with van der Waals surface area (Å²) in [5, 5.41) is 7.78. The first kappa shape index (κ1) is 16.1. The average Bonchev–Trinajstić information content (AvgIpc) is 2.98. The van der Waals surface area contributed by atoms with E-state index in [1.807, 2.05) is 7.05 Å². The summed E-state index contributed by atoms with van der Waals surface area (Å²) in [6.45, 7) is 1.72. The van der Waals surface area contributed by atoms with Crippen LogP contribution in [0, 0.1) is 0 Å². The molecule has 1 amide bonds. The summed E-state index contributed by atoms with van der Waals surface area (Å²) in [6, 6.07) is 0.123. The van der Waals surface area contributed by atoms with Crippen molar-refractivity contribution in [1.29, 1.82) is 0 Å². The molecule has 1 fully saturated rings. The van der Waals surface area contributed by atoms with Gasteiger partial charge in [-0.25, -0.2) is 4.98 Å². The second kappa shape index (κ2) is 6.82. The van der Waals surface area contributed by atoms with Crippen LogP contribution in [-0.4, -0.2) is 44.8 Å². The highest BCUT2D eigenvalue weighted by atomic mass is 16.2. The molecule has 1 unspecified atom stereocenters. The fraction of sp³-hybridized carbons (Fsp3) is 0.556. The molecule has 1 saturated heterocycles. The molecule has 0 bridgehead atoms. The van der Waals surface area contributed by atoms with Gasteiger partial charge in [-0.3, -0.25) is 14.5 Å². The zero-order valence-corrected chi connectivity index (χ0v) is 14.6. The Morgan fingerprint density at radius 2 is 2.12 bits per heavy atom. The first-order valence-corrected chi connectivity index (χ1v) is 9.09. The Bertz CT molecular complexity index is 756. The first-order valence-electron chi connectivity index (χ1n) is 9.09. The Morgan fingerprint density at radius 1 is 1.24 bits per heavy atom. The lowest BCUT2D eigenvalue weighted by atomic mass is 9.95.